The van der Waals surface area contributed by atoms with Crippen molar-refractivity contribution in [1.29, 1.82) is 0 Å². The van der Waals surface area contributed by atoms with E-state index in [1.54, 1.807) is 30.3 Å². The Balaban J connectivity index is 1.43. The Hall–Kier alpha value is -2.75. The van der Waals surface area contributed by atoms with Gasteiger partial charge in [-0.05, 0) is 41.5 Å². The average Bonchev–Trinajstić information content (AvgIpc) is 2.80. The maximum absolute atomic E-state index is 12.8. The number of β-lactam (4-membered cyclic amide) rings is 1. The van der Waals surface area contributed by atoms with Crippen molar-refractivity contribution in [2.75, 3.05) is 5.75 Å². The van der Waals surface area contributed by atoms with Gasteiger partial charge in [-0.25, -0.2) is 4.79 Å². The SMILES string of the molecule is C=CC1=C(C(=O)O)N2C(=O)[C@@H](NC(=O)c3cccc(COc4ccc(Br)cc4Cl)c3)[C@H]2SC1. The molecule has 0 spiro atoms. The van der Waals surface area contributed by atoms with Crippen molar-refractivity contribution in [3.63, 3.8) is 0 Å². The van der Waals surface area contributed by atoms with Gasteiger partial charge in [-0.2, -0.15) is 0 Å². The molecule has 0 aliphatic carbocycles. The minimum Gasteiger partial charge on any atom is -0.487 e. The van der Waals surface area contributed by atoms with Gasteiger partial charge in [-0.15, -0.1) is 11.8 Å². The predicted molar refractivity (Wildman–Crippen MR) is 129 cm³/mol. The lowest BCUT2D eigenvalue weighted by molar-refractivity contribution is -0.148. The summed E-state index contributed by atoms with van der Waals surface area (Å²) in [5, 5.41) is 12.2. The van der Waals surface area contributed by atoms with E-state index < -0.39 is 29.2 Å². The normalized spacial score (nSPS) is 19.5. The van der Waals surface area contributed by atoms with E-state index in [1.807, 2.05) is 12.1 Å². The van der Waals surface area contributed by atoms with E-state index in [9.17, 15) is 19.5 Å². The first-order valence-electron chi connectivity index (χ1n) is 9.81. The van der Waals surface area contributed by atoms with E-state index in [0.717, 1.165) is 10.0 Å². The third-order valence-electron chi connectivity index (χ3n) is 5.21. The summed E-state index contributed by atoms with van der Waals surface area (Å²) >= 11 is 10.9. The van der Waals surface area contributed by atoms with Crippen molar-refractivity contribution in [2.24, 2.45) is 0 Å². The molecule has 0 unspecified atom stereocenters. The largest absolute Gasteiger partial charge is 0.487 e. The first-order chi connectivity index (χ1) is 15.8. The zero-order chi connectivity index (χ0) is 23.7. The third-order valence-corrected chi connectivity index (χ3v) is 7.30. The number of carbonyl (C=O) groups is 3. The van der Waals surface area contributed by atoms with E-state index >= 15 is 0 Å². The molecule has 2 aliphatic heterocycles. The molecule has 0 aromatic heterocycles. The third kappa shape index (κ3) is 4.66. The number of fused-ring (bicyclic) bond motifs is 1. The lowest BCUT2D eigenvalue weighted by atomic mass is 10.0. The Morgan fingerprint density at radius 2 is 2.12 bits per heavy atom. The van der Waals surface area contributed by atoms with Gasteiger partial charge in [-0.1, -0.05) is 52.3 Å². The van der Waals surface area contributed by atoms with Crippen molar-refractivity contribution in [1.82, 2.24) is 10.2 Å². The Morgan fingerprint density at radius 3 is 2.82 bits per heavy atom. The van der Waals surface area contributed by atoms with Crippen LogP contribution >= 0.6 is 39.3 Å². The van der Waals surface area contributed by atoms with Crippen molar-refractivity contribution in [3.05, 3.63) is 87.0 Å². The first-order valence-corrected chi connectivity index (χ1v) is 12.0. The number of ether oxygens (including phenoxy) is 1. The molecular weight excluding hydrogens is 532 g/mol. The number of carbonyl (C=O) groups excluding carboxylic acids is 2. The van der Waals surface area contributed by atoms with Crippen LogP contribution in [0.15, 0.2) is 70.9 Å². The zero-order valence-electron chi connectivity index (χ0n) is 17.1. The number of carboxylic acid groups (broad SMARTS) is 1. The second kappa shape index (κ2) is 9.62. The van der Waals surface area contributed by atoms with Gasteiger partial charge in [-0.3, -0.25) is 14.5 Å². The molecular formula is C23H18BrClN2O5S. The van der Waals surface area contributed by atoms with Crippen LogP contribution in [-0.4, -0.2) is 45.0 Å². The molecule has 33 heavy (non-hydrogen) atoms. The summed E-state index contributed by atoms with van der Waals surface area (Å²) in [6, 6.07) is 11.3. The van der Waals surface area contributed by atoms with Gasteiger partial charge in [0.15, 0.2) is 0 Å². The summed E-state index contributed by atoms with van der Waals surface area (Å²) in [4.78, 5) is 38.3. The number of carboxylic acids is 1. The fourth-order valence-corrected chi connectivity index (χ4v) is 5.65. The second-order valence-electron chi connectivity index (χ2n) is 7.31. The summed E-state index contributed by atoms with van der Waals surface area (Å²) in [5.74, 6) is -1.15. The summed E-state index contributed by atoms with van der Waals surface area (Å²) in [6.45, 7) is 3.82. The molecule has 0 saturated carbocycles. The van der Waals surface area contributed by atoms with Crippen molar-refractivity contribution >= 4 is 57.1 Å². The van der Waals surface area contributed by atoms with E-state index in [1.165, 1.54) is 22.7 Å². The van der Waals surface area contributed by atoms with Crippen LogP contribution < -0.4 is 10.1 Å². The van der Waals surface area contributed by atoms with E-state index in [0.29, 0.717) is 27.7 Å². The molecule has 10 heteroatoms. The number of rotatable bonds is 7. The van der Waals surface area contributed by atoms with Crippen LogP contribution in [0.1, 0.15) is 15.9 Å². The highest BCUT2D eigenvalue weighted by Crippen LogP contribution is 2.40. The highest BCUT2D eigenvalue weighted by atomic mass is 79.9. The van der Waals surface area contributed by atoms with Gasteiger partial charge in [0.25, 0.3) is 11.8 Å². The minimum atomic E-state index is -1.19. The van der Waals surface area contributed by atoms with E-state index in [2.05, 4.69) is 27.8 Å². The Kier molecular flexibility index (Phi) is 6.83. The van der Waals surface area contributed by atoms with Crippen LogP contribution in [0.25, 0.3) is 0 Å². The zero-order valence-corrected chi connectivity index (χ0v) is 20.2. The molecule has 2 heterocycles. The number of allylic oxidation sites excluding steroid dienone is 1. The Morgan fingerprint density at radius 1 is 1.33 bits per heavy atom. The van der Waals surface area contributed by atoms with Gasteiger partial charge in [0.2, 0.25) is 0 Å². The smallest absolute Gasteiger partial charge is 0.352 e. The summed E-state index contributed by atoms with van der Waals surface area (Å²) in [6.07, 6.45) is 1.45. The molecule has 1 saturated heterocycles. The average molecular weight is 550 g/mol. The molecule has 2 atom stereocenters. The maximum atomic E-state index is 12.8. The quantitative estimate of drug-likeness (QED) is 0.502. The van der Waals surface area contributed by atoms with Crippen molar-refractivity contribution in [3.8, 4) is 5.75 Å². The number of hydrogen-bond acceptors (Lipinski definition) is 5. The van der Waals surface area contributed by atoms with Gasteiger partial charge in [0.1, 0.15) is 29.5 Å². The number of nitrogens with one attached hydrogen (secondary N) is 1. The van der Waals surface area contributed by atoms with E-state index in [-0.39, 0.29) is 12.3 Å². The summed E-state index contributed by atoms with van der Waals surface area (Å²) in [5.41, 5.74) is 1.53. The number of nitrogens with zero attached hydrogens (tertiary/aromatic N) is 1. The lowest BCUT2D eigenvalue weighted by Crippen LogP contribution is -2.70. The molecule has 2 N–H and O–H groups in total. The highest BCUT2D eigenvalue weighted by Gasteiger charge is 2.53. The van der Waals surface area contributed by atoms with Crippen LogP contribution in [0.4, 0.5) is 0 Å². The predicted octanol–water partition coefficient (Wildman–Crippen LogP) is 4.22. The van der Waals surface area contributed by atoms with Crippen LogP contribution in [0.5, 0.6) is 5.75 Å². The molecule has 2 amide bonds. The lowest BCUT2D eigenvalue weighted by Gasteiger charge is -2.49. The molecule has 4 rings (SSSR count). The van der Waals surface area contributed by atoms with Gasteiger partial charge in [0, 0.05) is 15.8 Å². The molecule has 170 valence electrons. The Bertz CT molecular complexity index is 1200. The molecule has 2 aliphatic rings. The second-order valence-corrected chi connectivity index (χ2v) is 9.74. The number of hydrogen-bond donors (Lipinski definition) is 2. The Labute approximate surface area is 207 Å². The standard InChI is InChI=1S/C23H18BrClN2O5S/c1-2-13-11-33-22-18(21(29)27(22)19(13)23(30)31)26-20(28)14-5-3-4-12(8-14)10-32-17-7-6-15(24)9-16(17)25/h2-9,18,22H,1,10-11H2,(H,26,28)(H,30,31)/t18-,22-/m1/s1. The van der Waals surface area contributed by atoms with Crippen LogP contribution in [0.3, 0.4) is 0 Å². The van der Waals surface area contributed by atoms with Crippen LogP contribution in [0.2, 0.25) is 5.02 Å². The van der Waals surface area contributed by atoms with Gasteiger partial charge < -0.3 is 15.2 Å². The van der Waals surface area contributed by atoms with Crippen molar-refractivity contribution in [2.45, 2.75) is 18.0 Å². The summed E-state index contributed by atoms with van der Waals surface area (Å²) in [7, 11) is 0. The molecule has 0 radical (unpaired) electrons. The highest BCUT2D eigenvalue weighted by molar-refractivity contribution is 9.10. The number of amides is 2. The van der Waals surface area contributed by atoms with Gasteiger partial charge >= 0.3 is 5.97 Å². The molecule has 0 bridgehead atoms. The van der Waals surface area contributed by atoms with Crippen molar-refractivity contribution < 1.29 is 24.2 Å². The minimum absolute atomic E-state index is 0.0741. The number of aliphatic carboxylic acids is 1. The fourth-order valence-electron chi connectivity index (χ4n) is 3.58. The molecule has 2 aromatic rings. The summed E-state index contributed by atoms with van der Waals surface area (Å²) < 4.78 is 6.59. The van der Waals surface area contributed by atoms with E-state index in [4.69, 9.17) is 16.3 Å². The molecule has 7 nitrogen and oxygen atoms in total. The maximum Gasteiger partial charge on any atom is 0.352 e. The monoisotopic (exact) mass is 548 g/mol. The van der Waals surface area contributed by atoms with Gasteiger partial charge in [0.05, 0.1) is 5.02 Å². The number of benzene rings is 2. The fraction of sp³-hybridized carbons (Fsp3) is 0.174. The first kappa shape index (κ1) is 23.4. The van der Waals surface area contributed by atoms with Crippen LogP contribution in [0, 0.1) is 0 Å². The number of thioether (sulfide) groups is 1. The molecule has 1 fully saturated rings. The number of halogens is 2. The van der Waals surface area contributed by atoms with Crippen LogP contribution in [-0.2, 0) is 16.2 Å². The topological polar surface area (TPSA) is 95.9 Å². The molecule has 2 aromatic carbocycles.